The minimum absolute atomic E-state index is 0.788. The maximum atomic E-state index is 2.40. The van der Waals surface area contributed by atoms with Gasteiger partial charge in [0.05, 0.1) is 0 Å². The Morgan fingerprint density at radius 2 is 1.09 bits per heavy atom. The second-order valence-electron chi connectivity index (χ2n) is 10.4. The Morgan fingerprint density at radius 3 is 1.69 bits per heavy atom. The molecule has 0 radical (unpaired) electrons. The minimum atomic E-state index is 0.788. The quantitative estimate of drug-likeness (QED) is 0.260. The highest BCUT2D eigenvalue weighted by atomic mass is 14.3. The van der Waals surface area contributed by atoms with Crippen LogP contribution in [0.1, 0.15) is 127 Å². The average molecular weight is 433 g/mol. The van der Waals surface area contributed by atoms with Crippen molar-refractivity contribution in [2.75, 3.05) is 0 Å². The van der Waals surface area contributed by atoms with Crippen molar-refractivity contribution in [3.05, 3.63) is 59.7 Å². The second-order valence-corrected chi connectivity index (χ2v) is 10.4. The summed E-state index contributed by atoms with van der Waals surface area (Å²) < 4.78 is 0. The molecule has 0 N–H and O–H groups in total. The molecular weight excluding hydrogens is 384 g/mol. The van der Waals surface area contributed by atoms with Crippen molar-refractivity contribution >= 4 is 0 Å². The molecule has 1 fully saturated rings. The van der Waals surface area contributed by atoms with E-state index in [0.717, 1.165) is 11.8 Å². The lowest BCUT2D eigenvalue weighted by Crippen LogP contribution is -2.13. The molecule has 3 rings (SSSR count). The summed E-state index contributed by atoms with van der Waals surface area (Å²) in [5, 5.41) is 0. The number of hydrogen-bond acceptors (Lipinski definition) is 0. The van der Waals surface area contributed by atoms with Crippen LogP contribution in [0.15, 0.2) is 48.5 Å². The van der Waals surface area contributed by atoms with Gasteiger partial charge in [-0.2, -0.15) is 0 Å². The Hall–Kier alpha value is -1.56. The Labute approximate surface area is 199 Å². The van der Waals surface area contributed by atoms with E-state index < -0.39 is 0 Å². The van der Waals surface area contributed by atoms with Crippen LogP contribution in [0.5, 0.6) is 0 Å². The van der Waals surface area contributed by atoms with E-state index in [4.69, 9.17) is 0 Å². The molecule has 0 atom stereocenters. The second kappa shape index (κ2) is 14.6. The van der Waals surface area contributed by atoms with Crippen LogP contribution < -0.4 is 0 Å². The maximum Gasteiger partial charge on any atom is -0.0162 e. The maximum absolute atomic E-state index is 2.40. The predicted molar refractivity (Wildman–Crippen MR) is 142 cm³/mol. The van der Waals surface area contributed by atoms with Crippen LogP contribution in [-0.4, -0.2) is 0 Å². The first-order valence-electron chi connectivity index (χ1n) is 14.0. The first-order valence-corrected chi connectivity index (χ1v) is 14.0. The lowest BCUT2D eigenvalue weighted by Gasteiger charge is -2.29. The Kier molecular flexibility index (Phi) is 11.4. The van der Waals surface area contributed by atoms with Gasteiger partial charge in [-0.25, -0.2) is 0 Å². The summed E-state index contributed by atoms with van der Waals surface area (Å²) in [6, 6.07) is 18.9. The molecule has 32 heavy (non-hydrogen) atoms. The molecule has 0 amide bonds. The molecule has 2 aromatic carbocycles. The monoisotopic (exact) mass is 432 g/mol. The van der Waals surface area contributed by atoms with E-state index in [1.54, 1.807) is 5.56 Å². The zero-order valence-electron chi connectivity index (χ0n) is 21.1. The highest BCUT2D eigenvalue weighted by Gasteiger charge is 2.21. The van der Waals surface area contributed by atoms with Crippen molar-refractivity contribution in [3.8, 4) is 11.1 Å². The summed E-state index contributed by atoms with van der Waals surface area (Å²) in [7, 11) is 0. The van der Waals surface area contributed by atoms with Crippen LogP contribution in [0, 0.1) is 5.92 Å². The molecule has 176 valence electrons. The fourth-order valence-corrected chi connectivity index (χ4v) is 5.55. The highest BCUT2D eigenvalue weighted by Crippen LogP contribution is 2.38. The van der Waals surface area contributed by atoms with E-state index in [-0.39, 0.29) is 0 Å². The van der Waals surface area contributed by atoms with Crippen LogP contribution >= 0.6 is 0 Å². The fourth-order valence-electron chi connectivity index (χ4n) is 5.55. The molecule has 0 heteroatoms. The van der Waals surface area contributed by atoms with Gasteiger partial charge in [-0.05, 0) is 72.6 Å². The van der Waals surface area contributed by atoms with Gasteiger partial charge in [0.25, 0.3) is 0 Å². The highest BCUT2D eigenvalue weighted by molar-refractivity contribution is 5.64. The molecule has 2 aromatic rings. The number of aryl methyl sites for hydroxylation is 1. The van der Waals surface area contributed by atoms with Gasteiger partial charge in [-0.15, -0.1) is 0 Å². The van der Waals surface area contributed by atoms with Gasteiger partial charge in [0.1, 0.15) is 0 Å². The first kappa shape index (κ1) is 25.1. The summed E-state index contributed by atoms with van der Waals surface area (Å²) in [5.41, 5.74) is 5.79. The number of unbranched alkanes of at least 4 members (excludes halogenated alkanes) is 8. The van der Waals surface area contributed by atoms with Crippen LogP contribution in [-0.2, 0) is 6.42 Å². The third-order valence-electron chi connectivity index (χ3n) is 7.80. The standard InChI is InChI=1S/C32H48/c1-3-5-7-8-9-10-11-12-14-28-17-21-30(22-18-28)32-25-23-31(24-26-32)29-19-15-27(16-20-29)13-6-4-2/h17-18,21-27,29H,3-16,19-20H2,1-2H3. The van der Waals surface area contributed by atoms with Gasteiger partial charge >= 0.3 is 0 Å². The van der Waals surface area contributed by atoms with E-state index in [9.17, 15) is 0 Å². The Balaban J connectivity index is 1.39. The third kappa shape index (κ3) is 8.42. The first-order chi connectivity index (χ1) is 15.8. The largest absolute Gasteiger partial charge is 0.0654 e. The molecule has 0 aliphatic heterocycles. The van der Waals surface area contributed by atoms with E-state index in [2.05, 4.69) is 62.4 Å². The number of benzene rings is 2. The predicted octanol–water partition coefficient (Wildman–Crippen LogP) is 10.5. The Morgan fingerprint density at radius 1 is 0.562 bits per heavy atom. The van der Waals surface area contributed by atoms with Crippen molar-refractivity contribution in [1.82, 2.24) is 0 Å². The van der Waals surface area contributed by atoms with Crippen LogP contribution in [0.4, 0.5) is 0 Å². The molecule has 1 saturated carbocycles. The molecule has 0 bridgehead atoms. The summed E-state index contributed by atoms with van der Waals surface area (Å²) in [4.78, 5) is 0. The molecule has 0 heterocycles. The average Bonchev–Trinajstić information content (AvgIpc) is 2.85. The molecule has 0 saturated heterocycles. The molecule has 0 nitrogen and oxygen atoms in total. The Bertz CT molecular complexity index is 716. The van der Waals surface area contributed by atoms with Crippen molar-refractivity contribution < 1.29 is 0 Å². The number of rotatable bonds is 14. The van der Waals surface area contributed by atoms with Crippen molar-refractivity contribution in [2.45, 2.75) is 122 Å². The van der Waals surface area contributed by atoms with E-state index in [1.165, 1.54) is 119 Å². The zero-order valence-corrected chi connectivity index (χ0v) is 21.1. The molecule has 1 aliphatic rings. The van der Waals surface area contributed by atoms with E-state index in [0.29, 0.717) is 0 Å². The normalized spacial score (nSPS) is 18.7. The fraction of sp³-hybridized carbons (Fsp3) is 0.625. The van der Waals surface area contributed by atoms with Gasteiger partial charge in [-0.3, -0.25) is 0 Å². The zero-order chi connectivity index (χ0) is 22.4. The SMILES string of the molecule is CCCCCCCCCCc1ccc(-c2ccc(C3CCC(CCCC)CC3)cc2)cc1. The van der Waals surface area contributed by atoms with Gasteiger partial charge in [0.15, 0.2) is 0 Å². The van der Waals surface area contributed by atoms with E-state index >= 15 is 0 Å². The summed E-state index contributed by atoms with van der Waals surface area (Å²) in [5.74, 6) is 1.78. The van der Waals surface area contributed by atoms with Crippen molar-refractivity contribution in [2.24, 2.45) is 5.92 Å². The molecule has 0 unspecified atom stereocenters. The van der Waals surface area contributed by atoms with Gasteiger partial charge in [0, 0.05) is 0 Å². The van der Waals surface area contributed by atoms with Crippen molar-refractivity contribution in [3.63, 3.8) is 0 Å². The van der Waals surface area contributed by atoms with Gasteiger partial charge in [0.2, 0.25) is 0 Å². The summed E-state index contributed by atoms with van der Waals surface area (Å²) >= 11 is 0. The van der Waals surface area contributed by atoms with Gasteiger partial charge < -0.3 is 0 Å². The molecule has 1 aliphatic carbocycles. The van der Waals surface area contributed by atoms with Crippen molar-refractivity contribution in [1.29, 1.82) is 0 Å². The van der Waals surface area contributed by atoms with Gasteiger partial charge in [-0.1, -0.05) is 127 Å². The topological polar surface area (TPSA) is 0 Å². The lowest BCUT2D eigenvalue weighted by atomic mass is 9.77. The number of hydrogen-bond donors (Lipinski definition) is 0. The van der Waals surface area contributed by atoms with Crippen LogP contribution in [0.25, 0.3) is 11.1 Å². The third-order valence-corrected chi connectivity index (χ3v) is 7.80. The van der Waals surface area contributed by atoms with Crippen LogP contribution in [0.2, 0.25) is 0 Å². The molecule has 0 spiro atoms. The summed E-state index contributed by atoms with van der Waals surface area (Å²) in [6.45, 7) is 4.61. The molecular formula is C32H48. The van der Waals surface area contributed by atoms with E-state index in [1.807, 2.05) is 0 Å². The summed E-state index contributed by atoms with van der Waals surface area (Å²) in [6.07, 6.45) is 22.3. The lowest BCUT2D eigenvalue weighted by molar-refractivity contribution is 0.304. The molecule has 0 aromatic heterocycles. The van der Waals surface area contributed by atoms with Crippen LogP contribution in [0.3, 0.4) is 0 Å². The smallest absolute Gasteiger partial charge is 0.0162 e. The minimum Gasteiger partial charge on any atom is -0.0654 e.